The summed E-state index contributed by atoms with van der Waals surface area (Å²) in [5.74, 6) is -1.27. The second-order valence-electron chi connectivity index (χ2n) is 5.59. The summed E-state index contributed by atoms with van der Waals surface area (Å²) < 4.78 is 29.1. The van der Waals surface area contributed by atoms with Gasteiger partial charge in [-0.1, -0.05) is 18.2 Å². The van der Waals surface area contributed by atoms with Crippen molar-refractivity contribution in [1.29, 1.82) is 0 Å². The molecule has 22 heavy (non-hydrogen) atoms. The van der Waals surface area contributed by atoms with Gasteiger partial charge in [0.25, 0.3) is 0 Å². The largest absolute Gasteiger partial charge is 0.481 e. The molecule has 0 aromatic heterocycles. The smallest absolute Gasteiger partial charge is 0.387 e. The molecule has 0 radical (unpaired) electrons. The maximum absolute atomic E-state index is 12.3. The third-order valence-electron chi connectivity index (χ3n) is 3.87. The van der Waals surface area contributed by atoms with Crippen molar-refractivity contribution in [3.05, 3.63) is 29.8 Å². The van der Waals surface area contributed by atoms with Gasteiger partial charge in [0, 0.05) is 18.7 Å². The van der Waals surface area contributed by atoms with Crippen molar-refractivity contribution in [2.24, 2.45) is 5.41 Å². The van der Waals surface area contributed by atoms with Crippen LogP contribution in [0.4, 0.5) is 8.78 Å². The standard InChI is InChI=1S/C15H17F2NO4/c1-15(13(20)21)6-7-18(9-15)12(19)8-10-4-2-3-5-11(10)22-14(16)17/h2-5,14H,6-9H2,1H3,(H,20,21)/t15-/m1/s1. The Morgan fingerprint density at radius 1 is 1.41 bits per heavy atom. The van der Waals surface area contributed by atoms with Crippen molar-refractivity contribution in [3.8, 4) is 5.75 Å². The van der Waals surface area contributed by atoms with E-state index in [0.29, 0.717) is 18.5 Å². The van der Waals surface area contributed by atoms with Crippen LogP contribution in [0.15, 0.2) is 24.3 Å². The van der Waals surface area contributed by atoms with Gasteiger partial charge in [-0.05, 0) is 19.4 Å². The molecule has 1 saturated heterocycles. The molecule has 1 aromatic rings. The van der Waals surface area contributed by atoms with Gasteiger partial charge in [-0.2, -0.15) is 8.78 Å². The topological polar surface area (TPSA) is 66.8 Å². The van der Waals surface area contributed by atoms with Crippen molar-refractivity contribution in [3.63, 3.8) is 0 Å². The van der Waals surface area contributed by atoms with Crippen LogP contribution in [0.1, 0.15) is 18.9 Å². The van der Waals surface area contributed by atoms with Crippen LogP contribution in [0.2, 0.25) is 0 Å². The number of aliphatic carboxylic acids is 1. The predicted octanol–water partition coefficient (Wildman–Crippen LogP) is 2.15. The second kappa shape index (κ2) is 6.29. The number of ether oxygens (including phenoxy) is 1. The molecule has 2 rings (SSSR count). The van der Waals surface area contributed by atoms with Gasteiger partial charge < -0.3 is 14.7 Å². The number of carboxylic acids is 1. The lowest BCUT2D eigenvalue weighted by atomic mass is 9.90. The summed E-state index contributed by atoms with van der Waals surface area (Å²) in [6.07, 6.45) is 0.280. The Morgan fingerprint density at radius 3 is 2.68 bits per heavy atom. The first kappa shape index (κ1) is 16.2. The van der Waals surface area contributed by atoms with Gasteiger partial charge in [-0.15, -0.1) is 0 Å². The summed E-state index contributed by atoms with van der Waals surface area (Å²) in [5.41, 5.74) is -0.592. The van der Waals surface area contributed by atoms with Gasteiger partial charge >= 0.3 is 12.6 Å². The van der Waals surface area contributed by atoms with E-state index < -0.39 is 18.0 Å². The summed E-state index contributed by atoms with van der Waals surface area (Å²) in [6.45, 7) is -0.895. The molecule has 0 spiro atoms. The van der Waals surface area contributed by atoms with Gasteiger partial charge in [0.2, 0.25) is 5.91 Å². The fourth-order valence-corrected chi connectivity index (χ4v) is 2.48. The lowest BCUT2D eigenvalue weighted by Gasteiger charge is -2.20. The van der Waals surface area contributed by atoms with E-state index in [4.69, 9.17) is 5.11 Å². The summed E-state index contributed by atoms with van der Waals surface area (Å²) in [6, 6.07) is 6.09. The number of hydrogen-bond acceptors (Lipinski definition) is 3. The third kappa shape index (κ3) is 3.52. The highest BCUT2D eigenvalue weighted by molar-refractivity contribution is 5.82. The van der Waals surface area contributed by atoms with Gasteiger partial charge in [-0.25, -0.2) is 0 Å². The van der Waals surface area contributed by atoms with Gasteiger partial charge in [0.1, 0.15) is 5.75 Å². The maximum atomic E-state index is 12.3. The van der Waals surface area contributed by atoms with Crippen LogP contribution in [-0.4, -0.2) is 41.6 Å². The number of hydrogen-bond donors (Lipinski definition) is 1. The molecule has 1 fully saturated rings. The molecule has 1 heterocycles. The minimum atomic E-state index is -2.96. The number of likely N-dealkylation sites (tertiary alicyclic amines) is 1. The predicted molar refractivity (Wildman–Crippen MR) is 73.7 cm³/mol. The maximum Gasteiger partial charge on any atom is 0.387 e. The van der Waals surface area contributed by atoms with E-state index in [2.05, 4.69) is 4.74 Å². The number of carbonyl (C=O) groups is 2. The number of rotatable bonds is 5. The molecule has 1 N–H and O–H groups in total. The Bertz CT molecular complexity index is 578. The van der Waals surface area contributed by atoms with Crippen molar-refractivity contribution in [1.82, 2.24) is 4.90 Å². The highest BCUT2D eigenvalue weighted by Gasteiger charge is 2.42. The van der Waals surface area contributed by atoms with E-state index in [9.17, 15) is 18.4 Å². The highest BCUT2D eigenvalue weighted by Crippen LogP contribution is 2.31. The van der Waals surface area contributed by atoms with Crippen molar-refractivity contribution < 1.29 is 28.2 Å². The lowest BCUT2D eigenvalue weighted by molar-refractivity contribution is -0.147. The normalized spacial score (nSPS) is 21.2. The molecule has 0 aliphatic carbocycles. The first-order valence-electron chi connectivity index (χ1n) is 6.86. The molecule has 1 amide bonds. The molecular weight excluding hydrogens is 296 g/mol. The Labute approximate surface area is 126 Å². The van der Waals surface area contributed by atoms with Crippen molar-refractivity contribution in [2.75, 3.05) is 13.1 Å². The molecule has 1 aromatic carbocycles. The van der Waals surface area contributed by atoms with Gasteiger partial charge in [0.05, 0.1) is 11.8 Å². The van der Waals surface area contributed by atoms with E-state index in [0.717, 1.165) is 0 Å². The van der Waals surface area contributed by atoms with Crippen LogP contribution in [0.3, 0.4) is 0 Å². The third-order valence-corrected chi connectivity index (χ3v) is 3.87. The Morgan fingerprint density at radius 2 is 2.09 bits per heavy atom. The number of benzene rings is 1. The fourth-order valence-electron chi connectivity index (χ4n) is 2.48. The van der Waals surface area contributed by atoms with E-state index in [1.165, 1.54) is 11.0 Å². The Hall–Kier alpha value is -2.18. The molecule has 1 aliphatic heterocycles. The van der Waals surface area contributed by atoms with Crippen LogP contribution in [0.5, 0.6) is 5.75 Å². The lowest BCUT2D eigenvalue weighted by Crippen LogP contribution is -2.35. The zero-order chi connectivity index (χ0) is 16.3. The van der Waals surface area contributed by atoms with E-state index in [-0.39, 0.29) is 24.6 Å². The number of carbonyl (C=O) groups excluding carboxylic acids is 1. The van der Waals surface area contributed by atoms with E-state index >= 15 is 0 Å². The van der Waals surface area contributed by atoms with Crippen LogP contribution in [0, 0.1) is 5.41 Å². The summed E-state index contributed by atoms with van der Waals surface area (Å²) in [7, 11) is 0. The summed E-state index contributed by atoms with van der Waals surface area (Å²) in [5, 5.41) is 9.16. The van der Waals surface area contributed by atoms with Crippen LogP contribution in [-0.2, 0) is 16.0 Å². The molecule has 7 heteroatoms. The second-order valence-corrected chi connectivity index (χ2v) is 5.59. The molecule has 5 nitrogen and oxygen atoms in total. The number of amides is 1. The summed E-state index contributed by atoms with van der Waals surface area (Å²) >= 11 is 0. The number of carboxylic acid groups (broad SMARTS) is 1. The molecule has 0 saturated carbocycles. The number of nitrogens with zero attached hydrogens (tertiary/aromatic N) is 1. The SMILES string of the molecule is C[C@@]1(C(=O)O)CCN(C(=O)Cc2ccccc2OC(F)F)C1. The fraction of sp³-hybridized carbons (Fsp3) is 0.467. The average molecular weight is 313 g/mol. The number of halogens is 2. The zero-order valence-electron chi connectivity index (χ0n) is 12.1. The van der Waals surface area contributed by atoms with Gasteiger partial charge in [0.15, 0.2) is 0 Å². The summed E-state index contributed by atoms with van der Waals surface area (Å²) in [4.78, 5) is 24.9. The molecular formula is C15H17F2NO4. The minimum Gasteiger partial charge on any atom is -0.481 e. The minimum absolute atomic E-state index is 0.0361. The monoisotopic (exact) mass is 313 g/mol. The van der Waals surface area contributed by atoms with Crippen LogP contribution >= 0.6 is 0 Å². The van der Waals surface area contributed by atoms with Crippen LogP contribution < -0.4 is 4.74 Å². The first-order chi connectivity index (χ1) is 10.3. The highest BCUT2D eigenvalue weighted by atomic mass is 19.3. The Balaban J connectivity index is 2.06. The quantitative estimate of drug-likeness (QED) is 0.904. The van der Waals surface area contributed by atoms with E-state index in [1.54, 1.807) is 25.1 Å². The molecule has 0 bridgehead atoms. The Kier molecular flexibility index (Phi) is 4.63. The van der Waals surface area contributed by atoms with Crippen molar-refractivity contribution >= 4 is 11.9 Å². The average Bonchev–Trinajstić information content (AvgIpc) is 2.85. The van der Waals surface area contributed by atoms with Crippen molar-refractivity contribution in [2.45, 2.75) is 26.4 Å². The van der Waals surface area contributed by atoms with Gasteiger partial charge in [-0.3, -0.25) is 9.59 Å². The molecule has 120 valence electrons. The molecule has 1 atom stereocenters. The zero-order valence-corrected chi connectivity index (χ0v) is 12.1. The number of para-hydroxylation sites is 1. The first-order valence-corrected chi connectivity index (χ1v) is 6.86. The van der Waals surface area contributed by atoms with Crippen LogP contribution in [0.25, 0.3) is 0 Å². The molecule has 0 unspecified atom stereocenters. The number of alkyl halides is 2. The van der Waals surface area contributed by atoms with E-state index in [1.807, 2.05) is 0 Å². The molecule has 1 aliphatic rings.